The molecule has 2 aromatic rings. The number of hydrogen-bond acceptors (Lipinski definition) is 4. The molecule has 2 atom stereocenters. The molecule has 2 amide bonds. The van der Waals surface area contributed by atoms with Crippen molar-refractivity contribution in [3.63, 3.8) is 0 Å². The molecule has 2 saturated heterocycles. The van der Waals surface area contributed by atoms with E-state index in [9.17, 15) is 14.0 Å². The highest BCUT2D eigenvalue weighted by atomic mass is 19.1. The first-order valence-corrected chi connectivity index (χ1v) is 10.7. The van der Waals surface area contributed by atoms with E-state index >= 15 is 0 Å². The third-order valence-electron chi connectivity index (χ3n) is 6.06. The number of benzene rings is 2. The second kappa shape index (κ2) is 9.58. The molecule has 2 aliphatic heterocycles. The molecule has 4 rings (SSSR count). The van der Waals surface area contributed by atoms with Crippen LogP contribution < -0.4 is 5.43 Å². The standard InChI is InChI=1S/C24H28FN3O3/c1-17-13-19(7-8-22(17)25)20-14-21(23(29)26-28-9-11-31-12-10-28)16-27(15-20)24(30)18-5-3-2-4-6-18/h2-8,13,20-21H,9-12,14-16H2,1H3,(H,26,29)/t20-,21-/m1/s1. The molecule has 6 nitrogen and oxygen atoms in total. The molecule has 164 valence electrons. The van der Waals surface area contributed by atoms with E-state index in [0.29, 0.717) is 56.9 Å². The Hall–Kier alpha value is -2.77. The van der Waals surface area contributed by atoms with Crippen LogP contribution in [0.25, 0.3) is 0 Å². The van der Waals surface area contributed by atoms with Crippen molar-refractivity contribution < 1.29 is 18.7 Å². The number of morpholine rings is 1. The second-order valence-electron chi connectivity index (χ2n) is 8.29. The Balaban J connectivity index is 1.56. The van der Waals surface area contributed by atoms with Crippen molar-refractivity contribution in [1.82, 2.24) is 15.3 Å². The third kappa shape index (κ3) is 5.11. The average Bonchev–Trinajstić information content (AvgIpc) is 2.81. The molecule has 2 fully saturated rings. The molecule has 0 saturated carbocycles. The Morgan fingerprint density at radius 3 is 2.52 bits per heavy atom. The number of carbonyl (C=O) groups is 2. The minimum Gasteiger partial charge on any atom is -0.379 e. The average molecular weight is 426 g/mol. The van der Waals surface area contributed by atoms with E-state index in [4.69, 9.17) is 4.74 Å². The molecule has 0 aromatic heterocycles. The van der Waals surface area contributed by atoms with Crippen molar-refractivity contribution in [2.45, 2.75) is 19.3 Å². The lowest BCUT2D eigenvalue weighted by atomic mass is 9.83. The molecule has 31 heavy (non-hydrogen) atoms. The van der Waals surface area contributed by atoms with Crippen molar-refractivity contribution in [3.8, 4) is 0 Å². The number of hydrazine groups is 1. The van der Waals surface area contributed by atoms with Crippen molar-refractivity contribution in [2.75, 3.05) is 39.4 Å². The smallest absolute Gasteiger partial charge is 0.253 e. The van der Waals surface area contributed by atoms with Crippen LogP contribution in [-0.2, 0) is 9.53 Å². The summed E-state index contributed by atoms with van der Waals surface area (Å²) in [4.78, 5) is 28.0. The van der Waals surface area contributed by atoms with Gasteiger partial charge in [0.15, 0.2) is 0 Å². The summed E-state index contributed by atoms with van der Waals surface area (Å²) in [6, 6.07) is 14.2. The van der Waals surface area contributed by atoms with Crippen molar-refractivity contribution in [2.24, 2.45) is 5.92 Å². The first-order valence-electron chi connectivity index (χ1n) is 10.7. The molecular weight excluding hydrogens is 397 g/mol. The van der Waals surface area contributed by atoms with E-state index < -0.39 is 0 Å². The lowest BCUT2D eigenvalue weighted by Gasteiger charge is -2.38. The Kier molecular flexibility index (Phi) is 6.63. The van der Waals surface area contributed by atoms with Crippen LogP contribution >= 0.6 is 0 Å². The minimum absolute atomic E-state index is 0.0406. The van der Waals surface area contributed by atoms with Crippen LogP contribution in [0, 0.1) is 18.7 Å². The molecule has 2 aliphatic rings. The van der Waals surface area contributed by atoms with Crippen molar-refractivity contribution in [3.05, 3.63) is 71.0 Å². The highest BCUT2D eigenvalue weighted by Crippen LogP contribution is 2.32. The fourth-order valence-corrected chi connectivity index (χ4v) is 4.30. The topological polar surface area (TPSA) is 61.9 Å². The molecule has 0 unspecified atom stereocenters. The molecule has 0 aliphatic carbocycles. The number of amides is 2. The largest absolute Gasteiger partial charge is 0.379 e. The molecule has 2 heterocycles. The number of likely N-dealkylation sites (tertiary alicyclic amines) is 1. The summed E-state index contributed by atoms with van der Waals surface area (Å²) >= 11 is 0. The molecule has 1 N–H and O–H groups in total. The van der Waals surface area contributed by atoms with E-state index in [0.717, 1.165) is 5.56 Å². The van der Waals surface area contributed by atoms with Crippen LogP contribution in [0.4, 0.5) is 4.39 Å². The monoisotopic (exact) mass is 425 g/mol. The summed E-state index contributed by atoms with van der Waals surface area (Å²) in [5, 5.41) is 1.88. The van der Waals surface area contributed by atoms with Crippen LogP contribution in [0.1, 0.15) is 33.8 Å². The second-order valence-corrected chi connectivity index (χ2v) is 8.29. The summed E-state index contributed by atoms with van der Waals surface area (Å²) in [6.07, 6.45) is 0.611. The number of hydrogen-bond donors (Lipinski definition) is 1. The molecule has 7 heteroatoms. The van der Waals surface area contributed by atoms with E-state index in [1.807, 2.05) is 29.3 Å². The van der Waals surface area contributed by atoms with Crippen LogP contribution in [0.2, 0.25) is 0 Å². The zero-order valence-electron chi connectivity index (χ0n) is 17.7. The van der Waals surface area contributed by atoms with Gasteiger partial charge in [-0.3, -0.25) is 15.0 Å². The van der Waals surface area contributed by atoms with E-state index in [1.54, 1.807) is 30.0 Å². The maximum absolute atomic E-state index is 13.8. The third-order valence-corrected chi connectivity index (χ3v) is 6.06. The van der Waals surface area contributed by atoms with E-state index in [-0.39, 0.29) is 29.5 Å². The zero-order chi connectivity index (χ0) is 21.8. The number of ether oxygens (including phenoxy) is 1. The predicted molar refractivity (Wildman–Crippen MR) is 115 cm³/mol. The maximum atomic E-state index is 13.8. The number of rotatable bonds is 4. The van der Waals surface area contributed by atoms with E-state index in [1.165, 1.54) is 6.07 Å². The van der Waals surface area contributed by atoms with Crippen LogP contribution in [0.15, 0.2) is 48.5 Å². The summed E-state index contributed by atoms with van der Waals surface area (Å²) in [6.45, 7) is 5.05. The number of piperidine rings is 1. The Morgan fingerprint density at radius 1 is 1.06 bits per heavy atom. The highest BCUT2D eigenvalue weighted by Gasteiger charge is 2.35. The highest BCUT2D eigenvalue weighted by molar-refractivity contribution is 5.94. The SMILES string of the molecule is Cc1cc([C@@H]2C[C@@H](C(=O)NN3CCOCC3)CN(C(=O)c3ccccc3)C2)ccc1F. The Bertz CT molecular complexity index is 931. The lowest BCUT2D eigenvalue weighted by Crippen LogP contribution is -2.54. The van der Waals surface area contributed by atoms with Crippen molar-refractivity contribution in [1.29, 1.82) is 0 Å². The van der Waals surface area contributed by atoms with Gasteiger partial charge in [-0.1, -0.05) is 30.3 Å². The van der Waals surface area contributed by atoms with Gasteiger partial charge in [0.05, 0.1) is 19.1 Å². The van der Waals surface area contributed by atoms with Crippen LogP contribution in [0.3, 0.4) is 0 Å². The van der Waals surface area contributed by atoms with Gasteiger partial charge < -0.3 is 9.64 Å². The predicted octanol–water partition coefficient (Wildman–Crippen LogP) is 2.74. The van der Waals surface area contributed by atoms with Gasteiger partial charge in [-0.15, -0.1) is 0 Å². The Morgan fingerprint density at radius 2 is 1.81 bits per heavy atom. The Labute approximate surface area is 181 Å². The van der Waals surface area contributed by atoms with Crippen molar-refractivity contribution >= 4 is 11.8 Å². The quantitative estimate of drug-likeness (QED) is 0.818. The number of halogens is 1. The van der Waals surface area contributed by atoms with E-state index in [2.05, 4.69) is 5.43 Å². The first-order chi connectivity index (χ1) is 15.0. The van der Waals surface area contributed by atoms with Gasteiger partial charge in [0.2, 0.25) is 5.91 Å². The summed E-state index contributed by atoms with van der Waals surface area (Å²) in [5.41, 5.74) is 5.12. The molecule has 0 radical (unpaired) electrons. The normalized spacial score (nSPS) is 22.2. The van der Waals surface area contributed by atoms with Crippen LogP contribution in [0.5, 0.6) is 0 Å². The number of nitrogens with zero attached hydrogens (tertiary/aromatic N) is 2. The summed E-state index contributed by atoms with van der Waals surface area (Å²) in [5.74, 6) is -0.816. The van der Waals surface area contributed by atoms with Gasteiger partial charge >= 0.3 is 0 Å². The van der Waals surface area contributed by atoms with Gasteiger partial charge in [0.25, 0.3) is 5.91 Å². The molecular formula is C24H28FN3O3. The number of aryl methyl sites for hydroxylation is 1. The molecule has 0 bridgehead atoms. The van der Waals surface area contributed by atoms with Gasteiger partial charge in [0.1, 0.15) is 5.82 Å². The lowest BCUT2D eigenvalue weighted by molar-refractivity contribution is -0.133. The summed E-state index contributed by atoms with van der Waals surface area (Å²) < 4.78 is 19.2. The zero-order valence-corrected chi connectivity index (χ0v) is 17.7. The van der Waals surface area contributed by atoms with Crippen LogP contribution in [-0.4, -0.2) is 61.1 Å². The minimum atomic E-state index is -0.348. The number of carbonyl (C=O) groups excluding carboxylic acids is 2. The molecule has 2 aromatic carbocycles. The van der Waals surface area contributed by atoms with Gasteiger partial charge in [-0.2, -0.15) is 0 Å². The first kappa shape index (κ1) is 21.5. The number of nitrogens with one attached hydrogen (secondary N) is 1. The maximum Gasteiger partial charge on any atom is 0.253 e. The molecule has 0 spiro atoms. The fourth-order valence-electron chi connectivity index (χ4n) is 4.30. The van der Waals surface area contributed by atoms with Gasteiger partial charge in [-0.05, 0) is 42.7 Å². The summed E-state index contributed by atoms with van der Waals surface area (Å²) in [7, 11) is 0. The van der Waals surface area contributed by atoms with Gasteiger partial charge in [0, 0.05) is 37.7 Å². The fraction of sp³-hybridized carbons (Fsp3) is 0.417. The van der Waals surface area contributed by atoms with Gasteiger partial charge in [-0.25, -0.2) is 9.40 Å².